The average molecular weight is 268 g/mol. The summed E-state index contributed by atoms with van der Waals surface area (Å²) in [6.07, 6.45) is 0.541. The molecule has 0 aliphatic carbocycles. The molecule has 5 nitrogen and oxygen atoms in total. The maximum Gasteiger partial charge on any atom is 0.252 e. The Hall–Kier alpha value is -1.82. The molecule has 1 unspecified atom stereocenters. The number of thiocarbonyl (C=S) groups is 1. The van der Waals surface area contributed by atoms with E-state index in [0.717, 1.165) is 6.07 Å². The Morgan fingerprint density at radius 3 is 2.28 bits per heavy atom. The third-order valence-corrected chi connectivity index (χ3v) is 3.26. The molecular weight excluding hydrogens is 252 g/mol. The minimum Gasteiger partial charge on any atom is -0.508 e. The minimum atomic E-state index is -0.798. The fourth-order valence-electron chi connectivity index (χ4n) is 1.37. The predicted molar refractivity (Wildman–Crippen MR) is 72.7 cm³/mol. The largest absolute Gasteiger partial charge is 0.508 e. The molecule has 6 heteroatoms. The average Bonchev–Trinajstić information content (AvgIpc) is 2.27. The molecule has 0 saturated carbocycles. The van der Waals surface area contributed by atoms with Gasteiger partial charge in [-0.1, -0.05) is 19.1 Å². The van der Waals surface area contributed by atoms with Gasteiger partial charge in [-0.2, -0.15) is 0 Å². The van der Waals surface area contributed by atoms with E-state index >= 15 is 0 Å². The lowest BCUT2D eigenvalue weighted by Crippen LogP contribution is -2.54. The SMILES string of the molecule is CCC(C)(NC(=O)c1cc(O)cc(O)c1)C(N)=S. The second-order valence-electron chi connectivity index (χ2n) is 4.24. The topological polar surface area (TPSA) is 95.6 Å². The Morgan fingerprint density at radius 2 is 1.89 bits per heavy atom. The van der Waals surface area contributed by atoms with E-state index in [9.17, 15) is 15.0 Å². The van der Waals surface area contributed by atoms with E-state index in [0.29, 0.717) is 6.42 Å². The summed E-state index contributed by atoms with van der Waals surface area (Å²) in [5.41, 5.74) is 4.93. The highest BCUT2D eigenvalue weighted by molar-refractivity contribution is 7.80. The third-order valence-electron chi connectivity index (χ3n) is 2.81. The summed E-state index contributed by atoms with van der Waals surface area (Å²) in [6.45, 7) is 3.56. The maximum atomic E-state index is 12.0. The molecule has 1 atom stereocenters. The van der Waals surface area contributed by atoms with Crippen molar-refractivity contribution < 1.29 is 15.0 Å². The lowest BCUT2D eigenvalue weighted by Gasteiger charge is -2.28. The number of hydrogen-bond donors (Lipinski definition) is 4. The van der Waals surface area contributed by atoms with Crippen LogP contribution in [-0.2, 0) is 0 Å². The van der Waals surface area contributed by atoms with Gasteiger partial charge in [-0.3, -0.25) is 4.79 Å². The first-order chi connectivity index (χ1) is 8.28. The van der Waals surface area contributed by atoms with E-state index in [1.54, 1.807) is 6.92 Å². The van der Waals surface area contributed by atoms with Crippen LogP contribution in [-0.4, -0.2) is 26.6 Å². The van der Waals surface area contributed by atoms with Crippen molar-refractivity contribution >= 4 is 23.1 Å². The van der Waals surface area contributed by atoms with Crippen molar-refractivity contribution in [3.8, 4) is 11.5 Å². The normalized spacial score (nSPS) is 13.7. The van der Waals surface area contributed by atoms with Gasteiger partial charge in [-0.25, -0.2) is 0 Å². The van der Waals surface area contributed by atoms with Gasteiger partial charge in [0.2, 0.25) is 0 Å². The lowest BCUT2D eigenvalue weighted by atomic mass is 9.98. The second-order valence-corrected chi connectivity index (χ2v) is 4.68. The zero-order valence-electron chi connectivity index (χ0n) is 10.2. The molecule has 0 bridgehead atoms. The zero-order chi connectivity index (χ0) is 13.9. The predicted octanol–water partition coefficient (Wildman–Crippen LogP) is 1.28. The molecule has 0 aromatic heterocycles. The van der Waals surface area contributed by atoms with Crippen LogP contribution in [0.25, 0.3) is 0 Å². The molecule has 98 valence electrons. The van der Waals surface area contributed by atoms with Gasteiger partial charge in [0.15, 0.2) is 0 Å². The Bertz CT molecular complexity index is 470. The van der Waals surface area contributed by atoms with E-state index in [1.165, 1.54) is 12.1 Å². The highest BCUT2D eigenvalue weighted by Crippen LogP contribution is 2.21. The molecule has 0 aliphatic heterocycles. The van der Waals surface area contributed by atoms with Crippen molar-refractivity contribution in [2.45, 2.75) is 25.8 Å². The number of phenolic OH excluding ortho intramolecular Hbond substituents is 2. The number of amides is 1. The van der Waals surface area contributed by atoms with Gasteiger partial charge in [0, 0.05) is 11.6 Å². The van der Waals surface area contributed by atoms with Crippen LogP contribution in [0.4, 0.5) is 0 Å². The van der Waals surface area contributed by atoms with Crippen molar-refractivity contribution in [2.24, 2.45) is 5.73 Å². The highest BCUT2D eigenvalue weighted by atomic mass is 32.1. The van der Waals surface area contributed by atoms with Gasteiger partial charge in [0.1, 0.15) is 11.5 Å². The van der Waals surface area contributed by atoms with E-state index in [-0.39, 0.29) is 22.1 Å². The summed E-state index contributed by atoms with van der Waals surface area (Å²) in [7, 11) is 0. The Morgan fingerprint density at radius 1 is 1.39 bits per heavy atom. The number of nitrogens with one attached hydrogen (secondary N) is 1. The monoisotopic (exact) mass is 268 g/mol. The van der Waals surface area contributed by atoms with E-state index in [1.807, 2.05) is 6.92 Å². The maximum absolute atomic E-state index is 12.0. The van der Waals surface area contributed by atoms with Gasteiger partial charge >= 0.3 is 0 Å². The molecule has 0 spiro atoms. The first kappa shape index (κ1) is 14.2. The van der Waals surface area contributed by atoms with Crippen LogP contribution in [0.5, 0.6) is 11.5 Å². The summed E-state index contributed by atoms with van der Waals surface area (Å²) in [4.78, 5) is 12.2. The van der Waals surface area contributed by atoms with Gasteiger partial charge in [0.05, 0.1) is 10.5 Å². The van der Waals surface area contributed by atoms with E-state index < -0.39 is 11.4 Å². The van der Waals surface area contributed by atoms with Crippen molar-refractivity contribution in [2.75, 3.05) is 0 Å². The summed E-state index contributed by atoms with van der Waals surface area (Å²) >= 11 is 4.91. The van der Waals surface area contributed by atoms with Gasteiger partial charge < -0.3 is 21.3 Å². The number of carbonyl (C=O) groups is 1. The van der Waals surface area contributed by atoms with Crippen LogP contribution in [0.2, 0.25) is 0 Å². The molecular formula is C12H16N2O3S. The van der Waals surface area contributed by atoms with Crippen LogP contribution in [0.15, 0.2) is 18.2 Å². The van der Waals surface area contributed by atoms with Crippen LogP contribution < -0.4 is 11.1 Å². The molecule has 1 aromatic rings. The molecule has 0 fully saturated rings. The number of nitrogens with two attached hydrogens (primary N) is 1. The van der Waals surface area contributed by atoms with E-state index in [2.05, 4.69) is 5.32 Å². The number of phenols is 2. The Kier molecular flexibility index (Phi) is 4.13. The van der Waals surface area contributed by atoms with Crippen molar-refractivity contribution in [1.82, 2.24) is 5.32 Å². The summed E-state index contributed by atoms with van der Waals surface area (Å²) in [5, 5.41) is 21.3. The number of carbonyl (C=O) groups excluding carboxylic acids is 1. The van der Waals surface area contributed by atoms with Crippen LogP contribution in [0, 0.1) is 0 Å². The van der Waals surface area contributed by atoms with Crippen LogP contribution >= 0.6 is 12.2 Å². The first-order valence-electron chi connectivity index (χ1n) is 5.44. The number of hydrogen-bond acceptors (Lipinski definition) is 4. The van der Waals surface area contributed by atoms with Crippen LogP contribution in [0.1, 0.15) is 30.6 Å². The molecule has 0 aliphatic rings. The number of aromatic hydroxyl groups is 2. The third kappa shape index (κ3) is 3.10. The fraction of sp³-hybridized carbons (Fsp3) is 0.333. The van der Waals surface area contributed by atoms with Gasteiger partial charge in [-0.05, 0) is 25.5 Å². The highest BCUT2D eigenvalue weighted by Gasteiger charge is 2.28. The smallest absolute Gasteiger partial charge is 0.252 e. The van der Waals surface area contributed by atoms with Gasteiger partial charge in [0.25, 0.3) is 5.91 Å². The van der Waals surface area contributed by atoms with Crippen molar-refractivity contribution in [1.29, 1.82) is 0 Å². The minimum absolute atomic E-state index is 0.142. The fourth-order valence-corrected chi connectivity index (χ4v) is 1.57. The second kappa shape index (κ2) is 5.22. The van der Waals surface area contributed by atoms with Gasteiger partial charge in [-0.15, -0.1) is 0 Å². The van der Waals surface area contributed by atoms with Crippen LogP contribution in [0.3, 0.4) is 0 Å². The number of rotatable bonds is 4. The van der Waals surface area contributed by atoms with Crippen molar-refractivity contribution in [3.05, 3.63) is 23.8 Å². The lowest BCUT2D eigenvalue weighted by molar-refractivity contribution is 0.0925. The standard InChI is InChI=1S/C12H16N2O3S/c1-3-12(2,11(13)18)14-10(17)7-4-8(15)6-9(16)5-7/h4-6,15-16H,3H2,1-2H3,(H2,13,18)(H,14,17). The quantitative estimate of drug-likeness (QED) is 0.617. The molecule has 0 saturated heterocycles. The first-order valence-corrected chi connectivity index (χ1v) is 5.85. The molecule has 1 rings (SSSR count). The van der Waals surface area contributed by atoms with Crippen molar-refractivity contribution in [3.63, 3.8) is 0 Å². The Balaban J connectivity index is 2.98. The number of benzene rings is 1. The summed E-state index contributed by atoms with van der Waals surface area (Å²) in [5.74, 6) is -0.833. The molecule has 5 N–H and O–H groups in total. The molecule has 1 aromatic carbocycles. The molecule has 0 heterocycles. The molecule has 1 amide bonds. The Labute approximate surface area is 111 Å². The van der Waals surface area contributed by atoms with E-state index in [4.69, 9.17) is 18.0 Å². The summed E-state index contributed by atoms with van der Waals surface area (Å²) < 4.78 is 0. The molecule has 18 heavy (non-hydrogen) atoms. The molecule has 0 radical (unpaired) electrons. The zero-order valence-corrected chi connectivity index (χ0v) is 11.0. The summed E-state index contributed by atoms with van der Waals surface area (Å²) in [6, 6.07) is 3.65.